The van der Waals surface area contributed by atoms with Crippen molar-refractivity contribution in [2.75, 3.05) is 0 Å². The number of hydrogen-bond acceptors (Lipinski definition) is 2. The first kappa shape index (κ1) is 15.8. The maximum absolute atomic E-state index is 9.48. The minimum absolute atomic E-state index is 0.681. The molecule has 0 atom stereocenters. The highest BCUT2D eigenvalue weighted by Crippen LogP contribution is 2.31. The molecule has 4 aromatic rings. The zero-order valence-electron chi connectivity index (χ0n) is 14.1. The van der Waals surface area contributed by atoms with Crippen LogP contribution < -0.4 is 0 Å². The van der Waals surface area contributed by atoms with E-state index in [4.69, 9.17) is 0 Å². The van der Waals surface area contributed by atoms with E-state index in [0.717, 1.165) is 33.5 Å². The third-order valence-corrected chi connectivity index (χ3v) is 4.38. The number of hydrogen-bond donors (Lipinski definition) is 0. The summed E-state index contributed by atoms with van der Waals surface area (Å²) in [6.45, 7) is 0. The molecule has 0 saturated heterocycles. The first-order chi connectivity index (χ1) is 12.8. The molecule has 0 aliphatic rings. The highest BCUT2D eigenvalue weighted by atomic mass is 14.7. The minimum Gasteiger partial charge on any atom is -0.256 e. The van der Waals surface area contributed by atoms with Crippen LogP contribution in [0.4, 0.5) is 0 Å². The van der Waals surface area contributed by atoms with Gasteiger partial charge in [0, 0.05) is 17.3 Å². The van der Waals surface area contributed by atoms with Crippen molar-refractivity contribution in [1.29, 1.82) is 5.26 Å². The first-order valence-electron chi connectivity index (χ1n) is 8.46. The van der Waals surface area contributed by atoms with Gasteiger partial charge in [0.25, 0.3) is 0 Å². The summed E-state index contributed by atoms with van der Waals surface area (Å²) in [6.07, 6.45) is 1.80. The second-order valence-electron chi connectivity index (χ2n) is 6.03. The molecular weight excluding hydrogens is 316 g/mol. The molecule has 26 heavy (non-hydrogen) atoms. The SMILES string of the molecule is N#Cc1ccc(-c2cccc(-c3ccccn3)c2)cc1-c1ccccc1. The predicted molar refractivity (Wildman–Crippen MR) is 105 cm³/mol. The summed E-state index contributed by atoms with van der Waals surface area (Å²) in [7, 11) is 0. The lowest BCUT2D eigenvalue weighted by Gasteiger charge is -2.10. The molecule has 3 aromatic carbocycles. The number of nitrogens with zero attached hydrogens (tertiary/aromatic N) is 2. The number of benzene rings is 3. The summed E-state index contributed by atoms with van der Waals surface area (Å²) in [5.41, 5.74) is 6.90. The Labute approximate surface area is 153 Å². The van der Waals surface area contributed by atoms with E-state index in [1.165, 1.54) is 0 Å². The van der Waals surface area contributed by atoms with Crippen LogP contribution in [0.15, 0.2) is 97.2 Å². The minimum atomic E-state index is 0.681. The fourth-order valence-electron chi connectivity index (χ4n) is 3.07. The molecule has 0 radical (unpaired) electrons. The molecule has 4 rings (SSSR count). The summed E-state index contributed by atoms with van der Waals surface area (Å²) in [4.78, 5) is 4.43. The van der Waals surface area contributed by atoms with E-state index in [1.807, 2.05) is 66.7 Å². The van der Waals surface area contributed by atoms with E-state index >= 15 is 0 Å². The van der Waals surface area contributed by atoms with Crippen molar-refractivity contribution < 1.29 is 0 Å². The van der Waals surface area contributed by atoms with Gasteiger partial charge in [-0.25, -0.2) is 0 Å². The molecule has 1 heterocycles. The lowest BCUT2D eigenvalue weighted by molar-refractivity contribution is 1.33. The van der Waals surface area contributed by atoms with Gasteiger partial charge in [0.15, 0.2) is 0 Å². The Hall–Kier alpha value is -3.70. The zero-order valence-corrected chi connectivity index (χ0v) is 14.1. The number of pyridine rings is 1. The fraction of sp³-hybridized carbons (Fsp3) is 0. The summed E-state index contributed by atoms with van der Waals surface area (Å²) in [5.74, 6) is 0. The molecular formula is C24H16N2. The quantitative estimate of drug-likeness (QED) is 0.464. The van der Waals surface area contributed by atoms with Gasteiger partial charge < -0.3 is 0 Å². The lowest BCUT2D eigenvalue weighted by Crippen LogP contribution is -1.88. The molecule has 0 saturated carbocycles. The summed E-state index contributed by atoms with van der Waals surface area (Å²) in [5, 5.41) is 9.48. The van der Waals surface area contributed by atoms with Crippen LogP contribution in [0.1, 0.15) is 5.56 Å². The van der Waals surface area contributed by atoms with Crippen LogP contribution in [0, 0.1) is 11.3 Å². The molecule has 1 aromatic heterocycles. The first-order valence-corrected chi connectivity index (χ1v) is 8.46. The van der Waals surface area contributed by atoms with Crippen LogP contribution >= 0.6 is 0 Å². The van der Waals surface area contributed by atoms with Gasteiger partial charge in [-0.3, -0.25) is 4.98 Å². The fourth-order valence-corrected chi connectivity index (χ4v) is 3.07. The van der Waals surface area contributed by atoms with Crippen molar-refractivity contribution in [3.63, 3.8) is 0 Å². The lowest BCUT2D eigenvalue weighted by atomic mass is 9.94. The average molecular weight is 332 g/mol. The second kappa shape index (κ2) is 7.04. The molecule has 0 fully saturated rings. The van der Waals surface area contributed by atoms with Gasteiger partial charge in [-0.15, -0.1) is 0 Å². The largest absolute Gasteiger partial charge is 0.256 e. The van der Waals surface area contributed by atoms with E-state index in [9.17, 15) is 5.26 Å². The van der Waals surface area contributed by atoms with Gasteiger partial charge in [0.1, 0.15) is 0 Å². The molecule has 0 aliphatic carbocycles. The van der Waals surface area contributed by atoms with Crippen LogP contribution in [0.2, 0.25) is 0 Å². The predicted octanol–water partition coefficient (Wildman–Crippen LogP) is 5.95. The van der Waals surface area contributed by atoms with Gasteiger partial charge >= 0.3 is 0 Å². The number of rotatable bonds is 3. The van der Waals surface area contributed by atoms with E-state index in [-0.39, 0.29) is 0 Å². The van der Waals surface area contributed by atoms with E-state index < -0.39 is 0 Å². The van der Waals surface area contributed by atoms with E-state index in [1.54, 1.807) is 6.20 Å². The third kappa shape index (κ3) is 3.11. The maximum Gasteiger partial charge on any atom is 0.0998 e. The standard InChI is InChI=1S/C24H16N2/c25-17-22-13-12-20(16-23(22)18-7-2-1-3-8-18)19-9-6-10-21(15-19)24-11-4-5-14-26-24/h1-16H. The van der Waals surface area contributed by atoms with Gasteiger partial charge in [0.2, 0.25) is 0 Å². The van der Waals surface area contributed by atoms with Crippen LogP contribution in [-0.2, 0) is 0 Å². The number of nitriles is 1. The Morgan fingerprint density at radius 1 is 0.615 bits per heavy atom. The Kier molecular flexibility index (Phi) is 4.28. The van der Waals surface area contributed by atoms with Crippen LogP contribution in [0.25, 0.3) is 33.5 Å². The molecule has 0 spiro atoms. The van der Waals surface area contributed by atoms with Crippen molar-refractivity contribution in [2.45, 2.75) is 0 Å². The smallest absolute Gasteiger partial charge is 0.0998 e. The Morgan fingerprint density at radius 2 is 1.35 bits per heavy atom. The van der Waals surface area contributed by atoms with Crippen LogP contribution in [0.3, 0.4) is 0 Å². The van der Waals surface area contributed by atoms with Crippen molar-refractivity contribution >= 4 is 0 Å². The molecule has 0 bridgehead atoms. The van der Waals surface area contributed by atoms with E-state index in [0.29, 0.717) is 5.56 Å². The van der Waals surface area contributed by atoms with Gasteiger partial charge in [-0.05, 0) is 47.0 Å². The molecule has 122 valence electrons. The van der Waals surface area contributed by atoms with Gasteiger partial charge in [0.05, 0.1) is 17.3 Å². The zero-order chi connectivity index (χ0) is 17.8. The maximum atomic E-state index is 9.48. The van der Waals surface area contributed by atoms with Crippen molar-refractivity contribution in [3.05, 3.63) is 103 Å². The number of aromatic nitrogens is 1. The van der Waals surface area contributed by atoms with E-state index in [2.05, 4.69) is 35.3 Å². The summed E-state index contributed by atoms with van der Waals surface area (Å²) < 4.78 is 0. The van der Waals surface area contributed by atoms with Crippen LogP contribution in [0.5, 0.6) is 0 Å². The van der Waals surface area contributed by atoms with Crippen LogP contribution in [-0.4, -0.2) is 4.98 Å². The van der Waals surface area contributed by atoms with Gasteiger partial charge in [-0.1, -0.05) is 60.7 Å². The Morgan fingerprint density at radius 3 is 2.12 bits per heavy atom. The molecule has 2 heteroatoms. The monoisotopic (exact) mass is 332 g/mol. The van der Waals surface area contributed by atoms with Crippen molar-refractivity contribution in [3.8, 4) is 39.6 Å². The molecule has 2 nitrogen and oxygen atoms in total. The Bertz CT molecular complexity index is 1080. The molecule has 0 amide bonds. The average Bonchev–Trinajstić information content (AvgIpc) is 2.74. The Balaban J connectivity index is 1.81. The summed E-state index contributed by atoms with van der Waals surface area (Å²) >= 11 is 0. The highest BCUT2D eigenvalue weighted by molar-refractivity contribution is 5.79. The third-order valence-electron chi connectivity index (χ3n) is 4.38. The molecule has 0 unspecified atom stereocenters. The summed E-state index contributed by atoms with van der Waals surface area (Å²) in [6, 6.07) is 32.6. The molecule has 0 N–H and O–H groups in total. The van der Waals surface area contributed by atoms with Gasteiger partial charge in [-0.2, -0.15) is 5.26 Å². The molecule has 0 aliphatic heterocycles. The van der Waals surface area contributed by atoms with Crippen molar-refractivity contribution in [2.24, 2.45) is 0 Å². The van der Waals surface area contributed by atoms with Crippen molar-refractivity contribution in [1.82, 2.24) is 4.98 Å². The second-order valence-corrected chi connectivity index (χ2v) is 6.03. The normalized spacial score (nSPS) is 10.3. The highest BCUT2D eigenvalue weighted by Gasteiger charge is 2.08. The topological polar surface area (TPSA) is 36.7 Å².